The number of rotatable bonds is 9. The molecular formula is C9H18O5. The quantitative estimate of drug-likeness (QED) is 0.400. The maximum atomic E-state index is 10.9. The Morgan fingerprint density at radius 1 is 1.00 bits per heavy atom. The molecule has 2 N–H and O–H groups in total. The van der Waals surface area contributed by atoms with Crippen molar-refractivity contribution < 1.29 is 24.5 Å². The van der Waals surface area contributed by atoms with Crippen molar-refractivity contribution in [3.8, 4) is 0 Å². The van der Waals surface area contributed by atoms with Crippen molar-refractivity contribution in [3.05, 3.63) is 0 Å². The molecular weight excluding hydrogens is 188 g/mol. The van der Waals surface area contributed by atoms with Crippen LogP contribution in [0.2, 0.25) is 0 Å². The van der Waals surface area contributed by atoms with E-state index >= 15 is 0 Å². The van der Waals surface area contributed by atoms with Crippen LogP contribution in [0.5, 0.6) is 0 Å². The fraction of sp³-hybridized carbons (Fsp3) is 0.889. The van der Waals surface area contributed by atoms with E-state index in [1.807, 2.05) is 0 Å². The van der Waals surface area contributed by atoms with Gasteiger partial charge in [-0.2, -0.15) is 0 Å². The molecule has 0 aromatic carbocycles. The van der Waals surface area contributed by atoms with E-state index < -0.39 is 0 Å². The summed E-state index contributed by atoms with van der Waals surface area (Å²) in [5.41, 5.74) is 0. The van der Waals surface area contributed by atoms with Gasteiger partial charge in [0.1, 0.15) is 6.61 Å². The Bertz CT molecular complexity index is 137. The first-order valence-electron chi connectivity index (χ1n) is 4.76. The highest BCUT2D eigenvalue weighted by Crippen LogP contribution is 1.96. The second-order valence-corrected chi connectivity index (χ2v) is 2.74. The van der Waals surface area contributed by atoms with Gasteiger partial charge in [0.25, 0.3) is 0 Å². The molecule has 0 saturated carbocycles. The van der Waals surface area contributed by atoms with Crippen LogP contribution in [0.15, 0.2) is 0 Å². The molecule has 5 nitrogen and oxygen atoms in total. The Morgan fingerprint density at radius 2 is 1.79 bits per heavy atom. The molecule has 14 heavy (non-hydrogen) atoms. The minimum absolute atomic E-state index is 0.0234. The molecule has 0 aromatic rings. The lowest BCUT2D eigenvalue weighted by atomic mass is 10.2. The summed E-state index contributed by atoms with van der Waals surface area (Å²) in [4.78, 5) is 10.9. The average Bonchev–Trinajstić information content (AvgIpc) is 2.18. The summed E-state index contributed by atoms with van der Waals surface area (Å²) in [6.45, 7) is 0.879. The summed E-state index contributed by atoms with van der Waals surface area (Å²) in [5, 5.41) is 16.8. The Hall–Kier alpha value is -0.650. The van der Waals surface area contributed by atoms with E-state index in [2.05, 4.69) is 0 Å². The number of esters is 1. The number of aliphatic hydroxyl groups excluding tert-OH is 2. The van der Waals surface area contributed by atoms with Gasteiger partial charge in [-0.25, -0.2) is 0 Å². The topological polar surface area (TPSA) is 76.0 Å². The molecule has 0 aliphatic heterocycles. The van der Waals surface area contributed by atoms with Gasteiger partial charge in [-0.1, -0.05) is 0 Å². The monoisotopic (exact) mass is 206 g/mol. The van der Waals surface area contributed by atoms with Crippen LogP contribution in [0.4, 0.5) is 0 Å². The predicted molar refractivity (Wildman–Crippen MR) is 49.8 cm³/mol. The Balaban J connectivity index is 3.10. The molecule has 0 fully saturated rings. The second-order valence-electron chi connectivity index (χ2n) is 2.74. The van der Waals surface area contributed by atoms with Gasteiger partial charge in [-0.05, 0) is 12.8 Å². The molecule has 0 radical (unpaired) electrons. The van der Waals surface area contributed by atoms with Crippen LogP contribution in [-0.4, -0.2) is 49.2 Å². The highest BCUT2D eigenvalue weighted by atomic mass is 16.6. The summed E-state index contributed by atoms with van der Waals surface area (Å²) >= 11 is 0. The van der Waals surface area contributed by atoms with Crippen molar-refractivity contribution in [2.45, 2.75) is 19.3 Å². The number of hydrogen-bond acceptors (Lipinski definition) is 5. The second kappa shape index (κ2) is 10.4. The van der Waals surface area contributed by atoms with Gasteiger partial charge in [0, 0.05) is 13.0 Å². The number of carbonyl (C=O) groups excluding carboxylic acids is 1. The zero-order valence-corrected chi connectivity index (χ0v) is 8.28. The van der Waals surface area contributed by atoms with Crippen LogP contribution in [0.25, 0.3) is 0 Å². The number of hydrogen-bond donors (Lipinski definition) is 2. The van der Waals surface area contributed by atoms with Crippen LogP contribution in [-0.2, 0) is 14.3 Å². The molecule has 0 heterocycles. The van der Waals surface area contributed by atoms with E-state index in [-0.39, 0.29) is 32.4 Å². The largest absolute Gasteiger partial charge is 0.463 e. The van der Waals surface area contributed by atoms with Gasteiger partial charge in [-0.3, -0.25) is 4.79 Å². The first-order chi connectivity index (χ1) is 6.81. The maximum Gasteiger partial charge on any atom is 0.305 e. The van der Waals surface area contributed by atoms with Crippen LogP contribution >= 0.6 is 0 Å². The molecule has 0 aromatic heterocycles. The zero-order chi connectivity index (χ0) is 10.6. The first kappa shape index (κ1) is 13.4. The smallest absolute Gasteiger partial charge is 0.305 e. The first-order valence-corrected chi connectivity index (χ1v) is 4.76. The average molecular weight is 206 g/mol. The molecule has 0 unspecified atom stereocenters. The molecule has 0 rings (SSSR count). The summed E-state index contributed by atoms with van der Waals surface area (Å²) in [7, 11) is 0. The van der Waals surface area contributed by atoms with Gasteiger partial charge in [0.2, 0.25) is 0 Å². The van der Waals surface area contributed by atoms with Crippen molar-refractivity contribution in [3.63, 3.8) is 0 Å². The molecule has 84 valence electrons. The molecule has 0 aliphatic carbocycles. The maximum absolute atomic E-state index is 10.9. The predicted octanol–water partition coefficient (Wildman–Crippen LogP) is -0.299. The lowest BCUT2D eigenvalue weighted by Gasteiger charge is -2.04. The van der Waals surface area contributed by atoms with Crippen molar-refractivity contribution in [2.75, 3.05) is 33.0 Å². The summed E-state index contributed by atoms with van der Waals surface area (Å²) < 4.78 is 9.70. The molecule has 5 heteroatoms. The minimum atomic E-state index is -0.272. The molecule has 0 bridgehead atoms. The minimum Gasteiger partial charge on any atom is -0.463 e. The molecule has 0 spiro atoms. The molecule has 0 saturated heterocycles. The third-order valence-corrected chi connectivity index (χ3v) is 1.52. The van der Waals surface area contributed by atoms with Gasteiger partial charge < -0.3 is 19.7 Å². The number of unbranched alkanes of at least 4 members (excludes halogenated alkanes) is 1. The third-order valence-electron chi connectivity index (χ3n) is 1.52. The number of carbonyl (C=O) groups is 1. The lowest BCUT2D eigenvalue weighted by molar-refractivity contribution is -0.145. The van der Waals surface area contributed by atoms with E-state index in [0.717, 1.165) is 0 Å². The van der Waals surface area contributed by atoms with Crippen LogP contribution < -0.4 is 0 Å². The standard InChI is InChI=1S/C9H18O5/c10-4-2-1-3-9(12)14-8-7-13-6-5-11/h10-11H,1-8H2. The highest BCUT2D eigenvalue weighted by Gasteiger charge is 2.01. The SMILES string of the molecule is O=C(CCCCO)OCCOCCO. The van der Waals surface area contributed by atoms with E-state index in [0.29, 0.717) is 25.9 Å². The zero-order valence-electron chi connectivity index (χ0n) is 8.28. The van der Waals surface area contributed by atoms with Crippen molar-refractivity contribution in [1.29, 1.82) is 0 Å². The van der Waals surface area contributed by atoms with Crippen LogP contribution in [0.1, 0.15) is 19.3 Å². The molecule has 0 amide bonds. The summed E-state index contributed by atoms with van der Waals surface area (Å²) in [6, 6.07) is 0. The molecule has 0 atom stereocenters. The van der Waals surface area contributed by atoms with Gasteiger partial charge in [0.05, 0.1) is 19.8 Å². The highest BCUT2D eigenvalue weighted by molar-refractivity contribution is 5.69. The number of ether oxygens (including phenoxy) is 2. The van der Waals surface area contributed by atoms with E-state index in [4.69, 9.17) is 19.7 Å². The third kappa shape index (κ3) is 9.44. The van der Waals surface area contributed by atoms with Gasteiger partial charge in [-0.15, -0.1) is 0 Å². The lowest BCUT2D eigenvalue weighted by Crippen LogP contribution is -2.11. The van der Waals surface area contributed by atoms with Crippen LogP contribution in [0, 0.1) is 0 Å². The Morgan fingerprint density at radius 3 is 2.43 bits per heavy atom. The van der Waals surface area contributed by atoms with Gasteiger partial charge >= 0.3 is 5.97 Å². The van der Waals surface area contributed by atoms with Crippen molar-refractivity contribution in [1.82, 2.24) is 0 Å². The normalized spacial score (nSPS) is 10.1. The van der Waals surface area contributed by atoms with Gasteiger partial charge in [0.15, 0.2) is 0 Å². The van der Waals surface area contributed by atoms with E-state index in [9.17, 15) is 4.79 Å². The van der Waals surface area contributed by atoms with Crippen LogP contribution in [0.3, 0.4) is 0 Å². The van der Waals surface area contributed by atoms with Crippen molar-refractivity contribution >= 4 is 5.97 Å². The van der Waals surface area contributed by atoms with Crippen molar-refractivity contribution in [2.24, 2.45) is 0 Å². The number of aliphatic hydroxyl groups is 2. The van der Waals surface area contributed by atoms with E-state index in [1.54, 1.807) is 0 Å². The Kier molecular flexibility index (Phi) is 9.95. The fourth-order valence-corrected chi connectivity index (χ4v) is 0.834. The van der Waals surface area contributed by atoms with E-state index in [1.165, 1.54) is 0 Å². The Labute approximate surface area is 83.6 Å². The summed E-state index contributed by atoms with van der Waals surface area (Å²) in [6.07, 6.45) is 1.60. The molecule has 0 aliphatic rings. The summed E-state index contributed by atoms with van der Waals surface area (Å²) in [5.74, 6) is -0.272. The fourth-order valence-electron chi connectivity index (χ4n) is 0.834.